The largest absolute Gasteiger partial charge is 0.378 e. The molecule has 37 heavy (non-hydrogen) atoms. The molecule has 0 unspecified atom stereocenters. The minimum atomic E-state index is 0. The summed E-state index contributed by atoms with van der Waals surface area (Å²) in [4.78, 5) is 16.4. The molecule has 1 aromatic carbocycles. The average molecular weight is 520 g/mol. The second-order valence-electron chi connectivity index (χ2n) is 10.6. The van der Waals surface area contributed by atoms with E-state index in [1.165, 1.54) is 29.7 Å². The third kappa shape index (κ3) is 5.27. The van der Waals surface area contributed by atoms with Crippen LogP contribution in [0.4, 0.5) is 5.82 Å². The van der Waals surface area contributed by atoms with Gasteiger partial charge >= 0.3 is 0 Å². The lowest BCUT2D eigenvalue weighted by atomic mass is 9.90. The molecule has 0 amide bonds. The molecule has 2 aliphatic rings. The molecule has 6 rings (SSSR count). The van der Waals surface area contributed by atoms with Crippen LogP contribution in [0.5, 0.6) is 0 Å². The smallest absolute Gasteiger partial charge is 0.253 e. The Morgan fingerprint density at radius 2 is 1.86 bits per heavy atom. The number of aryl methyl sites for hydroxylation is 1. The highest BCUT2D eigenvalue weighted by atomic mass is 32.1. The van der Waals surface area contributed by atoms with Gasteiger partial charge < -0.3 is 15.8 Å². The molecule has 0 saturated carbocycles. The van der Waals surface area contributed by atoms with Crippen LogP contribution in [0.1, 0.15) is 43.6 Å². The van der Waals surface area contributed by atoms with Crippen LogP contribution < -0.4 is 11.1 Å². The van der Waals surface area contributed by atoms with Crippen molar-refractivity contribution in [3.05, 3.63) is 53.0 Å². The average Bonchev–Trinajstić information content (AvgIpc) is 3.52. The maximum absolute atomic E-state index is 5.63. The Balaban J connectivity index is 0.00000280. The maximum atomic E-state index is 5.63. The van der Waals surface area contributed by atoms with Gasteiger partial charge in [0.05, 0.1) is 29.1 Å². The van der Waals surface area contributed by atoms with Gasteiger partial charge in [0.1, 0.15) is 0 Å². The van der Waals surface area contributed by atoms with Gasteiger partial charge in [0.15, 0.2) is 5.82 Å². The topological polar surface area (TPSA) is 94.3 Å². The van der Waals surface area contributed by atoms with Crippen LogP contribution in [0, 0.1) is 6.92 Å². The molecular formula is C28H37N7OS. The summed E-state index contributed by atoms with van der Waals surface area (Å²) in [6.45, 7) is 12.1. The van der Waals surface area contributed by atoms with Gasteiger partial charge in [-0.15, -0.1) is 11.3 Å². The minimum Gasteiger partial charge on any atom is -0.378 e. The van der Waals surface area contributed by atoms with Gasteiger partial charge in [-0.05, 0) is 58.4 Å². The van der Waals surface area contributed by atoms with Crippen LogP contribution in [-0.4, -0.2) is 63.0 Å². The van der Waals surface area contributed by atoms with Crippen LogP contribution in [0.2, 0.25) is 0 Å². The van der Waals surface area contributed by atoms with Crippen molar-refractivity contribution in [1.29, 1.82) is 0 Å². The van der Waals surface area contributed by atoms with Gasteiger partial charge in [0.25, 0.3) is 5.95 Å². The lowest BCUT2D eigenvalue weighted by molar-refractivity contribution is 0.0703. The second kappa shape index (κ2) is 10.5. The van der Waals surface area contributed by atoms with E-state index in [4.69, 9.17) is 19.8 Å². The Morgan fingerprint density at radius 1 is 1.03 bits per heavy atom. The van der Waals surface area contributed by atoms with Crippen molar-refractivity contribution in [3.63, 3.8) is 0 Å². The highest BCUT2D eigenvalue weighted by molar-refractivity contribution is 7.19. The molecule has 3 N–H and O–H groups in total. The van der Waals surface area contributed by atoms with Crippen molar-refractivity contribution < 1.29 is 4.74 Å². The fourth-order valence-corrected chi connectivity index (χ4v) is 6.45. The lowest BCUT2D eigenvalue weighted by Gasteiger charge is -2.42. The number of hydrogen-bond donors (Lipinski definition) is 1. The Bertz CT molecular complexity index is 1370. The number of aromatic nitrogens is 4. The first-order chi connectivity index (χ1) is 17.5. The van der Waals surface area contributed by atoms with Crippen molar-refractivity contribution >= 4 is 27.4 Å². The molecule has 196 valence electrons. The quantitative estimate of drug-likeness (QED) is 0.366. The third-order valence-corrected chi connectivity index (χ3v) is 8.59. The van der Waals surface area contributed by atoms with Gasteiger partial charge in [-0.25, -0.2) is 9.67 Å². The zero-order chi connectivity index (χ0) is 24.7. The molecule has 9 heteroatoms. The van der Waals surface area contributed by atoms with Crippen molar-refractivity contribution in [2.75, 3.05) is 37.7 Å². The van der Waals surface area contributed by atoms with Gasteiger partial charge in [-0.3, -0.25) is 4.90 Å². The number of ether oxygens (including phenoxy) is 1. The van der Waals surface area contributed by atoms with E-state index in [1.54, 1.807) is 0 Å². The van der Waals surface area contributed by atoms with Crippen LogP contribution in [0.15, 0.2) is 42.6 Å². The highest BCUT2D eigenvalue weighted by Gasteiger charge is 2.30. The monoisotopic (exact) mass is 519 g/mol. The number of hydrogen-bond acceptors (Lipinski definition) is 8. The molecule has 2 saturated heterocycles. The van der Waals surface area contributed by atoms with Gasteiger partial charge in [0.2, 0.25) is 0 Å². The fourth-order valence-electron chi connectivity index (χ4n) is 5.32. The SMILES string of the molecule is Cc1cccc(-c2ccn(-c3nc(N4CCOCC4)c4sc(CN5CCCCC5(C)C)cc4n3)n2)c1.N. The number of likely N-dealkylation sites (tertiary alicyclic amines) is 1. The summed E-state index contributed by atoms with van der Waals surface area (Å²) in [6.07, 6.45) is 5.81. The molecule has 0 aliphatic carbocycles. The summed E-state index contributed by atoms with van der Waals surface area (Å²) >= 11 is 1.84. The third-order valence-electron chi connectivity index (χ3n) is 7.48. The standard InChI is InChI=1S/C28H34N6OS.H3N/c1-20-7-6-8-21(17-20)23-9-12-34(31-23)27-29-24-18-22(19-33-11-5-4-10-28(33,2)3)36-25(24)26(30-27)32-13-15-35-16-14-32;/h6-9,12,17-18H,4-5,10-11,13-16,19H2,1-3H3;1H3. The molecule has 3 aromatic heterocycles. The minimum absolute atomic E-state index is 0. The summed E-state index contributed by atoms with van der Waals surface area (Å²) in [5, 5.41) is 4.85. The van der Waals surface area contributed by atoms with Gasteiger partial charge in [0, 0.05) is 41.8 Å². The summed E-state index contributed by atoms with van der Waals surface area (Å²) < 4.78 is 8.61. The van der Waals surface area contributed by atoms with Crippen LogP contribution in [0.3, 0.4) is 0 Å². The molecule has 8 nitrogen and oxygen atoms in total. The molecule has 0 spiro atoms. The predicted octanol–water partition coefficient (Wildman–Crippen LogP) is 5.62. The summed E-state index contributed by atoms with van der Waals surface area (Å²) in [7, 11) is 0. The predicted molar refractivity (Wildman–Crippen MR) is 151 cm³/mol. The number of benzene rings is 1. The number of morpholine rings is 1. The molecule has 4 aromatic rings. The number of anilines is 1. The molecule has 2 fully saturated rings. The van der Waals surface area contributed by atoms with Gasteiger partial charge in [-0.2, -0.15) is 10.1 Å². The van der Waals surface area contributed by atoms with Crippen molar-refractivity contribution in [2.24, 2.45) is 0 Å². The maximum Gasteiger partial charge on any atom is 0.253 e. The molecule has 0 radical (unpaired) electrons. The van der Waals surface area contributed by atoms with E-state index < -0.39 is 0 Å². The lowest BCUT2D eigenvalue weighted by Crippen LogP contribution is -2.46. The summed E-state index contributed by atoms with van der Waals surface area (Å²) in [6, 6.07) is 12.7. The Morgan fingerprint density at radius 3 is 2.65 bits per heavy atom. The van der Waals surface area contributed by atoms with E-state index in [9.17, 15) is 0 Å². The summed E-state index contributed by atoms with van der Waals surface area (Å²) in [5.74, 6) is 1.62. The van der Waals surface area contributed by atoms with Crippen molar-refractivity contribution in [1.82, 2.24) is 30.8 Å². The van der Waals surface area contributed by atoms with E-state index in [0.29, 0.717) is 5.95 Å². The highest BCUT2D eigenvalue weighted by Crippen LogP contribution is 2.36. The molecule has 2 aliphatic heterocycles. The summed E-state index contributed by atoms with van der Waals surface area (Å²) in [5.41, 5.74) is 4.49. The Kier molecular flexibility index (Phi) is 7.31. The number of fused-ring (bicyclic) bond motifs is 1. The van der Waals surface area contributed by atoms with Crippen LogP contribution in [-0.2, 0) is 11.3 Å². The number of piperidine rings is 1. The zero-order valence-corrected chi connectivity index (χ0v) is 22.9. The van der Waals surface area contributed by atoms with Crippen LogP contribution in [0.25, 0.3) is 27.4 Å². The van der Waals surface area contributed by atoms with E-state index in [0.717, 1.165) is 66.7 Å². The van der Waals surface area contributed by atoms with Crippen molar-refractivity contribution in [3.8, 4) is 17.2 Å². The number of thiophene rings is 1. The first-order valence-electron chi connectivity index (χ1n) is 13.0. The van der Waals surface area contributed by atoms with Gasteiger partial charge in [-0.1, -0.05) is 30.2 Å². The first-order valence-corrected chi connectivity index (χ1v) is 13.8. The van der Waals surface area contributed by atoms with E-state index in [2.05, 4.69) is 60.9 Å². The zero-order valence-electron chi connectivity index (χ0n) is 22.1. The molecular weight excluding hydrogens is 482 g/mol. The van der Waals surface area contributed by atoms with Crippen LogP contribution >= 0.6 is 11.3 Å². The Hall–Kier alpha value is -2.85. The molecule has 0 bridgehead atoms. The normalized spacial score (nSPS) is 18.2. The first kappa shape index (κ1) is 25.8. The molecule has 5 heterocycles. The fraction of sp³-hybridized carbons (Fsp3) is 0.464. The molecule has 0 atom stereocenters. The van der Waals surface area contributed by atoms with Crippen molar-refractivity contribution in [2.45, 2.75) is 52.1 Å². The van der Waals surface area contributed by atoms with E-state index in [-0.39, 0.29) is 11.7 Å². The van der Waals surface area contributed by atoms with E-state index >= 15 is 0 Å². The number of nitrogens with zero attached hydrogens (tertiary/aromatic N) is 6. The van der Waals surface area contributed by atoms with E-state index in [1.807, 2.05) is 28.3 Å². The number of rotatable bonds is 5. The Labute approximate surface area is 222 Å². The second-order valence-corrected chi connectivity index (χ2v) is 11.7.